The third kappa shape index (κ3) is 3.33. The van der Waals surface area contributed by atoms with Crippen molar-refractivity contribution in [2.45, 2.75) is 13.3 Å². The van der Waals surface area contributed by atoms with Crippen LogP contribution in [0.1, 0.15) is 22.5 Å². The minimum Gasteiger partial charge on any atom is -0.352 e. The van der Waals surface area contributed by atoms with Gasteiger partial charge in [-0.2, -0.15) is 5.10 Å². The van der Waals surface area contributed by atoms with Crippen LogP contribution in [0, 0.1) is 18.7 Å². The molecular formula is C16H18FN3O3S. The molecule has 1 aromatic carbocycles. The van der Waals surface area contributed by atoms with Crippen molar-refractivity contribution in [3.63, 3.8) is 0 Å². The zero-order chi connectivity index (χ0) is 17.3. The highest BCUT2D eigenvalue weighted by molar-refractivity contribution is 7.91. The van der Waals surface area contributed by atoms with Crippen LogP contribution in [0.4, 0.5) is 4.39 Å². The van der Waals surface area contributed by atoms with Gasteiger partial charge >= 0.3 is 0 Å². The van der Waals surface area contributed by atoms with E-state index in [0.717, 1.165) is 0 Å². The van der Waals surface area contributed by atoms with Crippen LogP contribution in [0.25, 0.3) is 5.69 Å². The second-order valence-electron chi connectivity index (χ2n) is 5.99. The van der Waals surface area contributed by atoms with E-state index in [4.69, 9.17) is 0 Å². The average Bonchev–Trinajstić information content (AvgIpc) is 3.08. The molecule has 1 aromatic heterocycles. The predicted molar refractivity (Wildman–Crippen MR) is 87.4 cm³/mol. The average molecular weight is 351 g/mol. The highest BCUT2D eigenvalue weighted by atomic mass is 32.2. The number of carbonyl (C=O) groups excluding carboxylic acids is 1. The van der Waals surface area contributed by atoms with Gasteiger partial charge < -0.3 is 5.32 Å². The molecule has 8 heteroatoms. The summed E-state index contributed by atoms with van der Waals surface area (Å²) in [4.78, 5) is 12.3. The number of aromatic nitrogens is 2. The lowest BCUT2D eigenvalue weighted by Crippen LogP contribution is -2.30. The number of nitrogens with zero attached hydrogens (tertiary/aromatic N) is 2. The van der Waals surface area contributed by atoms with Crippen LogP contribution in [-0.2, 0) is 9.84 Å². The van der Waals surface area contributed by atoms with Crippen LogP contribution < -0.4 is 5.32 Å². The third-order valence-corrected chi connectivity index (χ3v) is 6.05. The molecule has 1 amide bonds. The topological polar surface area (TPSA) is 81.1 Å². The monoisotopic (exact) mass is 351 g/mol. The Morgan fingerprint density at radius 1 is 1.42 bits per heavy atom. The molecule has 24 heavy (non-hydrogen) atoms. The van der Waals surface area contributed by atoms with Crippen molar-refractivity contribution in [1.82, 2.24) is 15.1 Å². The highest BCUT2D eigenvalue weighted by Crippen LogP contribution is 2.19. The van der Waals surface area contributed by atoms with E-state index < -0.39 is 15.7 Å². The number of para-hydroxylation sites is 1. The fraction of sp³-hybridized carbons (Fsp3) is 0.375. The van der Waals surface area contributed by atoms with E-state index >= 15 is 0 Å². The van der Waals surface area contributed by atoms with Crippen LogP contribution in [0.15, 0.2) is 30.5 Å². The van der Waals surface area contributed by atoms with Crippen LogP contribution >= 0.6 is 0 Å². The summed E-state index contributed by atoms with van der Waals surface area (Å²) in [6, 6.07) is 6.19. The van der Waals surface area contributed by atoms with Crippen LogP contribution in [0.5, 0.6) is 0 Å². The summed E-state index contributed by atoms with van der Waals surface area (Å²) in [5.41, 5.74) is 1.15. The molecule has 2 heterocycles. The van der Waals surface area contributed by atoms with Crippen LogP contribution in [0.3, 0.4) is 0 Å². The maximum Gasteiger partial charge on any atom is 0.254 e. The van der Waals surface area contributed by atoms with Crippen molar-refractivity contribution >= 4 is 15.7 Å². The van der Waals surface area contributed by atoms with E-state index in [9.17, 15) is 17.6 Å². The standard InChI is InChI=1S/C16H18FN3O3S/c1-11-13(9-19-20(11)15-5-3-2-4-14(15)17)16(21)18-8-12-6-7-24(22,23)10-12/h2-5,9,12H,6-8,10H2,1H3,(H,18,21). The number of benzene rings is 1. The normalized spacial score (nSPS) is 19.3. The SMILES string of the molecule is Cc1c(C(=O)NCC2CCS(=O)(=O)C2)cnn1-c1ccccc1F. The van der Waals surface area contributed by atoms with Crippen molar-refractivity contribution in [2.75, 3.05) is 18.1 Å². The van der Waals surface area contributed by atoms with Crippen molar-refractivity contribution < 1.29 is 17.6 Å². The highest BCUT2D eigenvalue weighted by Gasteiger charge is 2.28. The van der Waals surface area contributed by atoms with Crippen molar-refractivity contribution in [2.24, 2.45) is 5.92 Å². The van der Waals surface area contributed by atoms with E-state index in [1.54, 1.807) is 25.1 Å². The van der Waals surface area contributed by atoms with Gasteiger partial charge in [-0.3, -0.25) is 4.79 Å². The molecule has 1 saturated heterocycles. The van der Waals surface area contributed by atoms with Crippen LogP contribution in [-0.4, -0.2) is 42.2 Å². The van der Waals surface area contributed by atoms with E-state index in [1.807, 2.05) is 0 Å². The lowest BCUT2D eigenvalue weighted by Gasteiger charge is -2.10. The second-order valence-corrected chi connectivity index (χ2v) is 8.21. The number of halogens is 1. The molecule has 0 saturated carbocycles. The minimum absolute atomic E-state index is 0.0548. The Kier molecular flexibility index (Phi) is 4.40. The Hall–Kier alpha value is -2.22. The van der Waals surface area contributed by atoms with E-state index in [2.05, 4.69) is 10.4 Å². The van der Waals surface area contributed by atoms with Crippen LogP contribution in [0.2, 0.25) is 0 Å². The van der Waals surface area contributed by atoms with Gasteiger partial charge in [0.05, 0.1) is 29.0 Å². The Morgan fingerprint density at radius 2 is 2.17 bits per heavy atom. The minimum atomic E-state index is -2.96. The predicted octanol–water partition coefficient (Wildman–Crippen LogP) is 1.48. The van der Waals surface area contributed by atoms with Gasteiger partial charge in [0.2, 0.25) is 0 Å². The van der Waals surface area contributed by atoms with Gasteiger partial charge in [0.15, 0.2) is 9.84 Å². The smallest absolute Gasteiger partial charge is 0.254 e. The Balaban J connectivity index is 1.72. The maximum atomic E-state index is 13.9. The van der Waals surface area contributed by atoms with E-state index in [1.165, 1.54) is 16.9 Å². The first-order chi connectivity index (χ1) is 11.4. The number of rotatable bonds is 4. The molecule has 1 unspecified atom stereocenters. The molecule has 128 valence electrons. The molecule has 1 aliphatic heterocycles. The summed E-state index contributed by atoms with van der Waals surface area (Å²) in [5.74, 6) is -0.523. The molecule has 1 aliphatic rings. The Labute approximate surface area is 139 Å². The molecule has 0 spiro atoms. The zero-order valence-electron chi connectivity index (χ0n) is 13.2. The van der Waals surface area contributed by atoms with Gasteiger partial charge in [0.25, 0.3) is 5.91 Å². The van der Waals surface area contributed by atoms with Gasteiger partial charge in [-0.15, -0.1) is 0 Å². The van der Waals surface area contributed by atoms with Gasteiger partial charge in [-0.05, 0) is 31.4 Å². The van der Waals surface area contributed by atoms with Crippen molar-refractivity contribution in [3.8, 4) is 5.69 Å². The van der Waals surface area contributed by atoms with Gasteiger partial charge in [0.1, 0.15) is 11.5 Å². The molecule has 1 fully saturated rings. The summed E-state index contributed by atoms with van der Waals surface area (Å²) in [6.45, 7) is 2.00. The molecular weight excluding hydrogens is 333 g/mol. The van der Waals surface area contributed by atoms with Gasteiger partial charge in [0, 0.05) is 6.54 Å². The molecule has 1 atom stereocenters. The molecule has 0 radical (unpaired) electrons. The Bertz CT molecular complexity index is 876. The first-order valence-corrected chi connectivity index (χ1v) is 9.47. The number of sulfone groups is 1. The molecule has 1 N–H and O–H groups in total. The zero-order valence-corrected chi connectivity index (χ0v) is 14.0. The molecule has 6 nitrogen and oxygen atoms in total. The largest absolute Gasteiger partial charge is 0.352 e. The summed E-state index contributed by atoms with van der Waals surface area (Å²) in [5, 5.41) is 6.84. The molecule has 0 bridgehead atoms. The molecule has 3 rings (SSSR count). The van der Waals surface area contributed by atoms with Crippen molar-refractivity contribution in [3.05, 3.63) is 47.5 Å². The first-order valence-electron chi connectivity index (χ1n) is 7.65. The van der Waals surface area contributed by atoms with Gasteiger partial charge in [-0.25, -0.2) is 17.5 Å². The second kappa shape index (κ2) is 6.35. The third-order valence-electron chi connectivity index (χ3n) is 4.21. The number of hydrogen-bond acceptors (Lipinski definition) is 4. The van der Waals surface area contributed by atoms with E-state index in [-0.39, 0.29) is 29.0 Å². The maximum absolute atomic E-state index is 13.9. The summed E-state index contributed by atoms with van der Waals surface area (Å²) < 4.78 is 38.1. The fourth-order valence-corrected chi connectivity index (χ4v) is 4.73. The van der Waals surface area contributed by atoms with Gasteiger partial charge in [-0.1, -0.05) is 12.1 Å². The Morgan fingerprint density at radius 3 is 2.83 bits per heavy atom. The summed E-state index contributed by atoms with van der Waals surface area (Å²) in [6.07, 6.45) is 1.96. The molecule has 0 aliphatic carbocycles. The number of nitrogens with one attached hydrogen (secondary N) is 1. The summed E-state index contributed by atoms with van der Waals surface area (Å²) in [7, 11) is -2.96. The van der Waals surface area contributed by atoms with Crippen molar-refractivity contribution in [1.29, 1.82) is 0 Å². The number of carbonyl (C=O) groups is 1. The lowest BCUT2D eigenvalue weighted by molar-refractivity contribution is 0.0947. The van der Waals surface area contributed by atoms with E-state index in [0.29, 0.717) is 24.2 Å². The number of amides is 1. The summed E-state index contributed by atoms with van der Waals surface area (Å²) >= 11 is 0. The molecule has 2 aromatic rings. The fourth-order valence-electron chi connectivity index (χ4n) is 2.86. The quantitative estimate of drug-likeness (QED) is 0.905. The first kappa shape index (κ1) is 16.6. The number of hydrogen-bond donors (Lipinski definition) is 1. The lowest BCUT2D eigenvalue weighted by atomic mass is 10.1.